The molecule has 1 heterocycles. The monoisotopic (exact) mass is 440 g/mol. The number of allylic oxidation sites excluding steroid dienone is 6. The highest BCUT2D eigenvalue weighted by Gasteiger charge is 2.47. The van der Waals surface area contributed by atoms with E-state index < -0.39 is 17.2 Å². The highest BCUT2D eigenvalue weighted by Crippen LogP contribution is 2.37. The van der Waals surface area contributed by atoms with Crippen molar-refractivity contribution in [2.24, 2.45) is 5.92 Å². The standard InChI is InChI=1S/C19H21IO4/c1-5-11(2)8-12(3)6-7-13-9-14-15(10-24-13)17(21)19(4,23)18(22)16(14)20/h6-11,23H,5H2,1-4H3/t11-,19?/m0/s1. The van der Waals surface area contributed by atoms with Crippen LogP contribution in [0.5, 0.6) is 0 Å². The predicted octanol–water partition coefficient (Wildman–Crippen LogP) is 3.92. The molecule has 0 amide bonds. The number of Topliss-reactive ketones (excluding diaryl/α,β-unsaturated/α-hetero) is 2. The van der Waals surface area contributed by atoms with Crippen molar-refractivity contribution < 1.29 is 19.4 Å². The molecule has 1 N–H and O–H groups in total. The Hall–Kier alpha value is -1.47. The molecule has 1 aliphatic heterocycles. The summed E-state index contributed by atoms with van der Waals surface area (Å²) >= 11 is 1.87. The maximum Gasteiger partial charge on any atom is 0.208 e. The van der Waals surface area contributed by atoms with E-state index in [1.807, 2.05) is 35.6 Å². The van der Waals surface area contributed by atoms with E-state index in [-0.39, 0.29) is 5.57 Å². The number of carbonyl (C=O) groups excluding carboxylic acids is 2. The van der Waals surface area contributed by atoms with Crippen molar-refractivity contribution in [2.75, 3.05) is 0 Å². The fourth-order valence-electron chi connectivity index (χ4n) is 2.43. The van der Waals surface area contributed by atoms with Crippen molar-refractivity contribution in [3.63, 3.8) is 0 Å². The van der Waals surface area contributed by atoms with E-state index in [1.54, 1.807) is 12.2 Å². The molecule has 0 saturated heterocycles. The van der Waals surface area contributed by atoms with Gasteiger partial charge in [-0.25, -0.2) is 0 Å². The Morgan fingerprint density at radius 3 is 2.71 bits per heavy atom. The normalized spacial score (nSPS) is 26.2. The van der Waals surface area contributed by atoms with E-state index in [4.69, 9.17) is 4.74 Å². The third-order valence-corrected chi connectivity index (χ3v) is 5.23. The lowest BCUT2D eigenvalue weighted by molar-refractivity contribution is -0.144. The topological polar surface area (TPSA) is 63.6 Å². The van der Waals surface area contributed by atoms with Crippen molar-refractivity contribution in [3.05, 3.63) is 56.6 Å². The van der Waals surface area contributed by atoms with Gasteiger partial charge in [-0.2, -0.15) is 0 Å². The van der Waals surface area contributed by atoms with E-state index in [0.29, 0.717) is 20.8 Å². The lowest BCUT2D eigenvalue weighted by atomic mass is 9.80. The Kier molecular flexibility index (Phi) is 5.65. The smallest absolute Gasteiger partial charge is 0.208 e. The molecule has 2 rings (SSSR count). The molecule has 1 aliphatic carbocycles. The molecule has 5 heteroatoms. The molecule has 0 spiro atoms. The number of carbonyl (C=O) groups is 2. The van der Waals surface area contributed by atoms with Crippen molar-refractivity contribution >= 4 is 34.2 Å². The first kappa shape index (κ1) is 18.9. The van der Waals surface area contributed by atoms with Crippen LogP contribution in [0.2, 0.25) is 0 Å². The zero-order valence-electron chi connectivity index (χ0n) is 14.2. The lowest BCUT2D eigenvalue weighted by Gasteiger charge is -2.29. The van der Waals surface area contributed by atoms with Gasteiger partial charge >= 0.3 is 0 Å². The van der Waals surface area contributed by atoms with Gasteiger partial charge in [0.25, 0.3) is 0 Å². The van der Waals surface area contributed by atoms with Crippen molar-refractivity contribution in [1.29, 1.82) is 0 Å². The van der Waals surface area contributed by atoms with Crippen molar-refractivity contribution in [3.8, 4) is 0 Å². The van der Waals surface area contributed by atoms with Crippen LogP contribution >= 0.6 is 22.6 Å². The number of rotatable bonds is 4. The number of fused-ring (bicyclic) bond motifs is 1. The molecule has 0 radical (unpaired) electrons. The first-order valence-corrected chi connectivity index (χ1v) is 8.93. The number of aliphatic hydroxyl groups is 1. The van der Waals surface area contributed by atoms with Gasteiger partial charge in [-0.05, 0) is 54.5 Å². The van der Waals surface area contributed by atoms with E-state index >= 15 is 0 Å². The molecule has 2 atom stereocenters. The summed E-state index contributed by atoms with van der Waals surface area (Å²) in [6.07, 6.45) is 9.97. The number of hydrogen-bond donors (Lipinski definition) is 1. The summed E-state index contributed by atoms with van der Waals surface area (Å²) < 4.78 is 5.82. The minimum atomic E-state index is -2.02. The largest absolute Gasteiger partial charge is 0.464 e. The second kappa shape index (κ2) is 7.19. The number of halogens is 1. The summed E-state index contributed by atoms with van der Waals surface area (Å²) in [5.74, 6) is -0.159. The molecule has 0 bridgehead atoms. The number of ketones is 2. The second-order valence-corrected chi connectivity index (χ2v) is 7.36. The second-order valence-electron chi connectivity index (χ2n) is 6.28. The van der Waals surface area contributed by atoms with Gasteiger partial charge < -0.3 is 9.84 Å². The summed E-state index contributed by atoms with van der Waals surface area (Å²) in [4.78, 5) is 24.4. The first-order valence-electron chi connectivity index (χ1n) is 7.85. The lowest BCUT2D eigenvalue weighted by Crippen LogP contribution is -2.48. The minimum Gasteiger partial charge on any atom is -0.464 e. The Morgan fingerprint density at radius 1 is 1.42 bits per heavy atom. The van der Waals surface area contributed by atoms with Crippen LogP contribution < -0.4 is 0 Å². The van der Waals surface area contributed by atoms with Gasteiger partial charge in [-0.15, -0.1) is 0 Å². The molecule has 0 saturated carbocycles. The fraction of sp³-hybridized carbons (Fsp3) is 0.368. The van der Waals surface area contributed by atoms with Gasteiger partial charge in [0.05, 0.1) is 9.15 Å². The van der Waals surface area contributed by atoms with Gasteiger partial charge in [0, 0.05) is 5.57 Å². The van der Waals surface area contributed by atoms with Crippen LogP contribution in [0.4, 0.5) is 0 Å². The maximum atomic E-state index is 12.3. The van der Waals surface area contributed by atoms with Gasteiger partial charge in [-0.1, -0.05) is 38.0 Å². The average Bonchev–Trinajstić information content (AvgIpc) is 2.56. The number of hydrogen-bond acceptors (Lipinski definition) is 4. The van der Waals surface area contributed by atoms with Crippen LogP contribution in [0.1, 0.15) is 34.1 Å². The Morgan fingerprint density at radius 2 is 2.08 bits per heavy atom. The zero-order valence-corrected chi connectivity index (χ0v) is 16.4. The third kappa shape index (κ3) is 3.62. The molecule has 4 nitrogen and oxygen atoms in total. The molecular weight excluding hydrogens is 419 g/mol. The SMILES string of the molecule is CC[C@H](C)C=C(C)C=CC1=CC2=C(I)C(=O)C(C)(O)C(=O)C2=CO1. The summed E-state index contributed by atoms with van der Waals surface area (Å²) in [6, 6.07) is 0. The van der Waals surface area contributed by atoms with Crippen LogP contribution in [0.15, 0.2) is 56.6 Å². The van der Waals surface area contributed by atoms with Crippen LogP contribution in [-0.4, -0.2) is 22.3 Å². The van der Waals surface area contributed by atoms with Crippen LogP contribution in [0.3, 0.4) is 0 Å². The Balaban J connectivity index is 2.31. The molecule has 128 valence electrons. The van der Waals surface area contributed by atoms with Crippen LogP contribution in [-0.2, 0) is 14.3 Å². The highest BCUT2D eigenvalue weighted by molar-refractivity contribution is 14.1. The highest BCUT2D eigenvalue weighted by atomic mass is 127. The van der Waals surface area contributed by atoms with E-state index in [9.17, 15) is 14.7 Å². The summed E-state index contributed by atoms with van der Waals surface area (Å²) in [5, 5.41) is 10.1. The van der Waals surface area contributed by atoms with Crippen molar-refractivity contribution in [2.45, 2.75) is 39.7 Å². The Bertz CT molecular complexity index is 732. The van der Waals surface area contributed by atoms with E-state index in [2.05, 4.69) is 19.9 Å². The Labute approximate surface area is 155 Å². The van der Waals surface area contributed by atoms with Crippen molar-refractivity contribution in [1.82, 2.24) is 0 Å². The predicted molar refractivity (Wildman–Crippen MR) is 101 cm³/mol. The van der Waals surface area contributed by atoms with E-state index in [1.165, 1.54) is 13.2 Å². The van der Waals surface area contributed by atoms with Crippen LogP contribution in [0, 0.1) is 5.92 Å². The maximum absolute atomic E-state index is 12.3. The summed E-state index contributed by atoms with van der Waals surface area (Å²) in [7, 11) is 0. The molecule has 0 aromatic carbocycles. The molecule has 0 aromatic heterocycles. The average molecular weight is 440 g/mol. The zero-order chi connectivity index (χ0) is 18.1. The van der Waals surface area contributed by atoms with Gasteiger partial charge in [0.2, 0.25) is 11.6 Å². The third-order valence-electron chi connectivity index (χ3n) is 4.16. The summed E-state index contributed by atoms with van der Waals surface area (Å²) in [5.41, 5.74) is -0.169. The molecule has 0 fully saturated rings. The van der Waals surface area contributed by atoms with Gasteiger partial charge in [0.15, 0.2) is 5.60 Å². The van der Waals surface area contributed by atoms with Crippen LogP contribution in [0.25, 0.3) is 0 Å². The number of ether oxygens (including phenoxy) is 1. The van der Waals surface area contributed by atoms with Gasteiger partial charge in [-0.3, -0.25) is 9.59 Å². The molecule has 1 unspecified atom stereocenters. The molecular formula is C19H21IO4. The minimum absolute atomic E-state index is 0.230. The molecule has 24 heavy (non-hydrogen) atoms. The summed E-state index contributed by atoms with van der Waals surface area (Å²) in [6.45, 7) is 7.52. The quantitative estimate of drug-likeness (QED) is 0.409. The van der Waals surface area contributed by atoms with E-state index in [0.717, 1.165) is 12.0 Å². The first-order chi connectivity index (χ1) is 11.2. The molecule has 2 aliphatic rings. The van der Waals surface area contributed by atoms with Gasteiger partial charge in [0.1, 0.15) is 12.0 Å². The fourth-order valence-corrected chi connectivity index (χ4v) is 3.40. The molecule has 0 aromatic rings.